The minimum absolute atomic E-state index is 0.138. The van der Waals surface area contributed by atoms with Crippen molar-refractivity contribution in [1.29, 1.82) is 0 Å². The van der Waals surface area contributed by atoms with E-state index in [0.29, 0.717) is 11.6 Å². The number of hydrogen-bond acceptors (Lipinski definition) is 4. The summed E-state index contributed by atoms with van der Waals surface area (Å²) in [5.41, 5.74) is -0.0908. The van der Waals surface area contributed by atoms with Crippen molar-refractivity contribution in [2.45, 2.75) is 51.8 Å². The molecule has 0 aliphatic heterocycles. The predicted molar refractivity (Wildman–Crippen MR) is 111 cm³/mol. The summed E-state index contributed by atoms with van der Waals surface area (Å²) < 4.78 is 32.0. The van der Waals surface area contributed by atoms with Gasteiger partial charge in [0.2, 0.25) is 11.8 Å². The van der Waals surface area contributed by atoms with Crippen molar-refractivity contribution in [3.8, 4) is 0 Å². The maximum absolute atomic E-state index is 13.3. The molecule has 0 unspecified atom stereocenters. The second-order valence-corrected chi connectivity index (χ2v) is 8.13. The van der Waals surface area contributed by atoms with Crippen LogP contribution in [-0.2, 0) is 25.5 Å². The zero-order chi connectivity index (χ0) is 23.2. The summed E-state index contributed by atoms with van der Waals surface area (Å²) in [6, 6.07) is 9.30. The van der Waals surface area contributed by atoms with Crippen molar-refractivity contribution in [2.24, 2.45) is 0 Å². The Balaban J connectivity index is 2.06. The highest BCUT2D eigenvalue weighted by atomic mass is 19.1. The number of nitrogens with one attached hydrogen (secondary N) is 2. The lowest BCUT2D eigenvalue weighted by molar-refractivity contribution is -0.159. The fraction of sp³-hybridized carbons (Fsp3) is 0.348. The largest absolute Gasteiger partial charge is 0.458 e. The first-order valence-corrected chi connectivity index (χ1v) is 9.77. The van der Waals surface area contributed by atoms with Crippen LogP contribution in [0.2, 0.25) is 0 Å². The molecule has 0 bridgehead atoms. The van der Waals surface area contributed by atoms with Gasteiger partial charge in [0.1, 0.15) is 23.3 Å². The molecule has 0 heterocycles. The van der Waals surface area contributed by atoms with E-state index in [2.05, 4.69) is 10.6 Å². The minimum atomic E-state index is -1.07. The van der Waals surface area contributed by atoms with Gasteiger partial charge in [-0.1, -0.05) is 30.3 Å². The van der Waals surface area contributed by atoms with E-state index in [1.54, 1.807) is 51.1 Å². The van der Waals surface area contributed by atoms with Crippen molar-refractivity contribution < 1.29 is 27.9 Å². The molecular formula is C23H26F2N2O4. The highest BCUT2D eigenvalue weighted by Gasteiger charge is 2.29. The second-order valence-electron chi connectivity index (χ2n) is 8.13. The second kappa shape index (κ2) is 10.1. The van der Waals surface area contributed by atoms with E-state index in [4.69, 9.17) is 4.74 Å². The van der Waals surface area contributed by atoms with Crippen LogP contribution < -0.4 is 10.6 Å². The van der Waals surface area contributed by atoms with Crippen LogP contribution >= 0.6 is 0 Å². The van der Waals surface area contributed by atoms with E-state index in [9.17, 15) is 23.2 Å². The summed E-state index contributed by atoms with van der Waals surface area (Å²) in [5.74, 6) is -3.44. The molecule has 6 nitrogen and oxygen atoms in total. The molecule has 0 saturated carbocycles. The fourth-order valence-electron chi connectivity index (χ4n) is 2.81. The molecule has 2 atom stereocenters. The molecule has 2 aromatic carbocycles. The van der Waals surface area contributed by atoms with Gasteiger partial charge in [-0.05, 0) is 51.0 Å². The van der Waals surface area contributed by atoms with Gasteiger partial charge in [-0.15, -0.1) is 0 Å². The lowest BCUT2D eigenvalue weighted by Gasteiger charge is -2.26. The molecule has 0 aliphatic carbocycles. The highest BCUT2D eigenvalue weighted by molar-refractivity contribution is 5.91. The quantitative estimate of drug-likeness (QED) is 0.658. The highest BCUT2D eigenvalue weighted by Crippen LogP contribution is 2.19. The number of ether oxygens (including phenoxy) is 1. The van der Waals surface area contributed by atoms with Crippen molar-refractivity contribution in [1.82, 2.24) is 10.6 Å². The van der Waals surface area contributed by atoms with E-state index >= 15 is 0 Å². The smallest absolute Gasteiger partial charge is 0.333 e. The lowest BCUT2D eigenvalue weighted by atomic mass is 10.1. The third-order valence-corrected chi connectivity index (χ3v) is 4.12. The number of carbonyl (C=O) groups excluding carboxylic acids is 3. The molecule has 2 rings (SSSR count). The molecule has 0 aromatic heterocycles. The minimum Gasteiger partial charge on any atom is -0.458 e. The fourth-order valence-corrected chi connectivity index (χ4v) is 2.81. The lowest BCUT2D eigenvalue weighted by Crippen LogP contribution is -2.48. The number of esters is 1. The van der Waals surface area contributed by atoms with Gasteiger partial charge in [-0.3, -0.25) is 9.59 Å². The summed E-state index contributed by atoms with van der Waals surface area (Å²) in [4.78, 5) is 37.5. The Kier molecular flexibility index (Phi) is 7.85. The number of halogens is 2. The zero-order valence-electron chi connectivity index (χ0n) is 17.9. The van der Waals surface area contributed by atoms with Gasteiger partial charge in [0.25, 0.3) is 0 Å². The van der Waals surface area contributed by atoms with Crippen LogP contribution in [-0.4, -0.2) is 29.4 Å². The number of carbonyl (C=O) groups is 3. The van der Waals surface area contributed by atoms with Gasteiger partial charge in [0, 0.05) is 6.07 Å². The molecule has 31 heavy (non-hydrogen) atoms. The Morgan fingerprint density at radius 2 is 1.55 bits per heavy atom. The van der Waals surface area contributed by atoms with Gasteiger partial charge in [-0.25, -0.2) is 13.6 Å². The predicted octanol–water partition coefficient (Wildman–Crippen LogP) is 3.21. The molecule has 2 amide bonds. The van der Waals surface area contributed by atoms with Gasteiger partial charge in [0.05, 0.1) is 6.42 Å². The van der Waals surface area contributed by atoms with Gasteiger partial charge >= 0.3 is 5.97 Å². The monoisotopic (exact) mass is 432 g/mol. The van der Waals surface area contributed by atoms with E-state index in [0.717, 1.165) is 12.1 Å². The van der Waals surface area contributed by atoms with E-state index in [-0.39, 0.29) is 12.0 Å². The summed E-state index contributed by atoms with van der Waals surface area (Å²) >= 11 is 0. The molecule has 0 saturated heterocycles. The maximum Gasteiger partial charge on any atom is 0.333 e. The number of rotatable bonds is 7. The topological polar surface area (TPSA) is 84.5 Å². The maximum atomic E-state index is 13.3. The van der Waals surface area contributed by atoms with Crippen molar-refractivity contribution in [2.75, 3.05) is 0 Å². The molecule has 166 valence electrons. The molecule has 0 spiro atoms. The Labute approximate surface area is 180 Å². The Morgan fingerprint density at radius 1 is 0.968 bits per heavy atom. The summed E-state index contributed by atoms with van der Waals surface area (Å²) in [6.45, 7) is 6.59. The molecule has 8 heteroatoms. The third kappa shape index (κ3) is 7.81. The SMILES string of the molecule is C[C@H](NC(=O)Cc1cc(F)cc(F)c1)C(=O)N[C@@H](C(=O)OC(C)(C)C)c1ccccc1. The van der Waals surface area contributed by atoms with Gasteiger partial charge in [-0.2, -0.15) is 0 Å². The molecule has 0 fully saturated rings. The molecule has 0 radical (unpaired) electrons. The van der Waals surface area contributed by atoms with Crippen LogP contribution in [0.25, 0.3) is 0 Å². The van der Waals surface area contributed by atoms with Gasteiger partial charge in [0.15, 0.2) is 6.04 Å². The van der Waals surface area contributed by atoms with E-state index in [1.807, 2.05) is 0 Å². The van der Waals surface area contributed by atoms with E-state index < -0.39 is 47.1 Å². The Hall–Kier alpha value is -3.29. The average Bonchev–Trinajstić information content (AvgIpc) is 2.64. The first-order chi connectivity index (χ1) is 14.4. The van der Waals surface area contributed by atoms with Crippen molar-refractivity contribution in [3.63, 3.8) is 0 Å². The van der Waals surface area contributed by atoms with Crippen LogP contribution in [0.5, 0.6) is 0 Å². The standard InChI is InChI=1S/C23H26F2N2O4/c1-14(26-19(28)12-15-10-17(24)13-18(25)11-15)21(29)27-20(16-8-6-5-7-9-16)22(30)31-23(2,3)4/h5-11,13-14,20H,12H2,1-4H3,(H,26,28)(H,27,29)/t14-,20+/m0/s1. The van der Waals surface area contributed by atoms with Crippen molar-refractivity contribution >= 4 is 17.8 Å². The first-order valence-electron chi connectivity index (χ1n) is 9.77. The average molecular weight is 432 g/mol. The third-order valence-electron chi connectivity index (χ3n) is 4.12. The summed E-state index contributed by atoms with van der Waals surface area (Å²) in [5, 5.41) is 5.06. The first kappa shape index (κ1) is 24.0. The summed E-state index contributed by atoms with van der Waals surface area (Å²) in [6.07, 6.45) is -0.305. The van der Waals surface area contributed by atoms with Crippen LogP contribution in [0.3, 0.4) is 0 Å². The number of hydrogen-bond donors (Lipinski definition) is 2. The normalized spacial score (nSPS) is 13.1. The summed E-state index contributed by atoms with van der Waals surface area (Å²) in [7, 11) is 0. The van der Waals surface area contributed by atoms with Crippen LogP contribution in [0.4, 0.5) is 8.78 Å². The Bertz CT molecular complexity index is 922. The van der Waals surface area contributed by atoms with Crippen LogP contribution in [0, 0.1) is 11.6 Å². The molecule has 0 aliphatic rings. The van der Waals surface area contributed by atoms with Crippen molar-refractivity contribution in [3.05, 3.63) is 71.3 Å². The molecular weight excluding hydrogens is 406 g/mol. The van der Waals surface area contributed by atoms with E-state index in [1.165, 1.54) is 6.92 Å². The molecule has 2 aromatic rings. The zero-order valence-corrected chi connectivity index (χ0v) is 17.9. The number of amides is 2. The number of benzene rings is 2. The Morgan fingerprint density at radius 3 is 2.10 bits per heavy atom. The van der Waals surface area contributed by atoms with Gasteiger partial charge < -0.3 is 15.4 Å². The molecule has 2 N–H and O–H groups in total. The van der Waals surface area contributed by atoms with Crippen LogP contribution in [0.15, 0.2) is 48.5 Å². The van der Waals surface area contributed by atoms with Crippen LogP contribution in [0.1, 0.15) is 44.9 Å².